The van der Waals surface area contributed by atoms with Gasteiger partial charge in [-0.05, 0) is 30.7 Å². The van der Waals surface area contributed by atoms with Crippen molar-refractivity contribution in [2.24, 2.45) is 0 Å². The van der Waals surface area contributed by atoms with Crippen molar-refractivity contribution in [2.75, 3.05) is 20.6 Å². The van der Waals surface area contributed by atoms with E-state index in [-0.39, 0.29) is 18.5 Å². The molecule has 0 amide bonds. The van der Waals surface area contributed by atoms with Crippen LogP contribution in [-0.2, 0) is 10.2 Å². The summed E-state index contributed by atoms with van der Waals surface area (Å²) in [5, 5.41) is 20.9. The number of nitriles is 1. The van der Waals surface area contributed by atoms with Gasteiger partial charge >= 0.3 is 5.69 Å². The van der Waals surface area contributed by atoms with Gasteiger partial charge < -0.3 is 5.11 Å². The van der Waals surface area contributed by atoms with Crippen LogP contribution in [0.3, 0.4) is 0 Å². The molecule has 11 heteroatoms. The second-order valence-corrected chi connectivity index (χ2v) is 9.70. The Morgan fingerprint density at radius 1 is 1.30 bits per heavy atom. The van der Waals surface area contributed by atoms with Gasteiger partial charge in [0.15, 0.2) is 0 Å². The molecule has 0 aliphatic carbocycles. The molecule has 0 unspecified atom stereocenters. The van der Waals surface area contributed by atoms with Crippen molar-refractivity contribution in [3.05, 3.63) is 52.2 Å². The predicted octanol–water partition coefficient (Wildman–Crippen LogP) is 0.872. The number of aromatic nitrogens is 3. The molecule has 3 aromatic rings. The van der Waals surface area contributed by atoms with Crippen LogP contribution in [0.15, 0.2) is 35.3 Å². The standard InChI is InChI=1S/C19H18N6O4S/c1-22(2)30(28,29)23-10-12-8-15(23)17-18(26)25(19(27)24(12)17)14-6-5-11(9-20)16-13(14)4-3-7-21-16/h3-7,12,15,26H,8,10H2,1-2H3/t12-,15-/m0/s1. The van der Waals surface area contributed by atoms with E-state index in [0.29, 0.717) is 34.3 Å². The molecule has 154 valence electrons. The largest absolute Gasteiger partial charge is 0.493 e. The first-order chi connectivity index (χ1) is 14.3. The molecule has 4 heterocycles. The second-order valence-electron chi connectivity index (χ2n) is 7.61. The number of hydrogen-bond acceptors (Lipinski definition) is 6. The Morgan fingerprint density at radius 3 is 2.77 bits per heavy atom. The average Bonchev–Trinajstić information content (AvgIpc) is 3.39. The van der Waals surface area contributed by atoms with Crippen molar-refractivity contribution >= 4 is 21.1 Å². The van der Waals surface area contributed by atoms with Crippen LogP contribution in [0.5, 0.6) is 5.88 Å². The maximum absolute atomic E-state index is 13.3. The van der Waals surface area contributed by atoms with Crippen LogP contribution in [0.2, 0.25) is 0 Å². The molecule has 1 aromatic carbocycles. The highest BCUT2D eigenvalue weighted by atomic mass is 32.2. The van der Waals surface area contributed by atoms with Gasteiger partial charge in [-0.2, -0.15) is 22.3 Å². The molecule has 30 heavy (non-hydrogen) atoms. The van der Waals surface area contributed by atoms with E-state index in [2.05, 4.69) is 11.1 Å². The molecule has 2 aliphatic heterocycles. The van der Waals surface area contributed by atoms with Crippen molar-refractivity contribution < 1.29 is 13.5 Å². The number of pyridine rings is 1. The Labute approximate surface area is 172 Å². The van der Waals surface area contributed by atoms with Crippen molar-refractivity contribution in [2.45, 2.75) is 18.5 Å². The van der Waals surface area contributed by atoms with Crippen molar-refractivity contribution in [1.82, 2.24) is 22.7 Å². The minimum absolute atomic E-state index is 0.178. The maximum atomic E-state index is 13.3. The zero-order valence-corrected chi connectivity index (χ0v) is 17.0. The third kappa shape index (κ3) is 2.26. The summed E-state index contributed by atoms with van der Waals surface area (Å²) in [7, 11) is -0.787. The van der Waals surface area contributed by atoms with Crippen molar-refractivity contribution in [3.63, 3.8) is 0 Å². The smallest absolute Gasteiger partial charge is 0.336 e. The highest BCUT2D eigenvalue weighted by molar-refractivity contribution is 7.86. The monoisotopic (exact) mass is 426 g/mol. The van der Waals surface area contributed by atoms with Gasteiger partial charge in [0.05, 0.1) is 28.9 Å². The van der Waals surface area contributed by atoms with Crippen LogP contribution in [0.1, 0.15) is 29.8 Å². The van der Waals surface area contributed by atoms with E-state index >= 15 is 0 Å². The average molecular weight is 426 g/mol. The number of aromatic hydroxyl groups is 1. The summed E-state index contributed by atoms with van der Waals surface area (Å²) in [6, 6.07) is 7.68. The minimum Gasteiger partial charge on any atom is -0.493 e. The van der Waals surface area contributed by atoms with Gasteiger partial charge in [-0.1, -0.05) is 0 Å². The number of benzene rings is 1. The zero-order chi connectivity index (χ0) is 21.4. The molecular formula is C19H18N6O4S. The van der Waals surface area contributed by atoms with Gasteiger partial charge in [0.25, 0.3) is 10.2 Å². The second kappa shape index (κ2) is 6.15. The molecule has 2 bridgehead atoms. The van der Waals surface area contributed by atoms with E-state index in [9.17, 15) is 23.6 Å². The first-order valence-corrected chi connectivity index (χ1v) is 10.7. The van der Waals surface area contributed by atoms with E-state index in [1.54, 1.807) is 30.5 Å². The summed E-state index contributed by atoms with van der Waals surface area (Å²) in [5.41, 5.74) is 1.03. The molecule has 0 spiro atoms. The molecule has 2 aliphatic rings. The van der Waals surface area contributed by atoms with Gasteiger partial charge in [-0.3, -0.25) is 9.55 Å². The van der Waals surface area contributed by atoms with E-state index in [4.69, 9.17) is 0 Å². The molecule has 10 nitrogen and oxygen atoms in total. The highest BCUT2D eigenvalue weighted by Crippen LogP contribution is 2.50. The maximum Gasteiger partial charge on any atom is 0.336 e. The lowest BCUT2D eigenvalue weighted by Gasteiger charge is -2.29. The molecule has 1 saturated heterocycles. The number of hydrogen-bond donors (Lipinski definition) is 1. The molecule has 1 N–H and O–H groups in total. The molecular weight excluding hydrogens is 408 g/mol. The lowest BCUT2D eigenvalue weighted by Crippen LogP contribution is -2.43. The van der Waals surface area contributed by atoms with Crippen molar-refractivity contribution in [3.8, 4) is 17.6 Å². The summed E-state index contributed by atoms with van der Waals surface area (Å²) in [6.07, 6.45) is 2.00. The van der Waals surface area contributed by atoms with Gasteiger partial charge in [-0.25, -0.2) is 9.36 Å². The van der Waals surface area contributed by atoms with Gasteiger partial charge in [0.2, 0.25) is 5.88 Å². The van der Waals surface area contributed by atoms with Crippen LogP contribution in [0, 0.1) is 11.3 Å². The van der Waals surface area contributed by atoms with Crippen LogP contribution < -0.4 is 5.69 Å². The summed E-state index contributed by atoms with van der Waals surface area (Å²) in [5.74, 6) is -0.291. The Hall–Kier alpha value is -3.20. The van der Waals surface area contributed by atoms with Gasteiger partial charge in [0.1, 0.15) is 11.8 Å². The number of rotatable bonds is 3. The molecule has 2 aromatic heterocycles. The first-order valence-electron chi connectivity index (χ1n) is 9.31. The number of fused-ring (bicyclic) bond motifs is 6. The van der Waals surface area contributed by atoms with Crippen LogP contribution in [-0.4, -0.2) is 56.9 Å². The van der Waals surface area contributed by atoms with E-state index in [1.165, 1.54) is 27.5 Å². The van der Waals surface area contributed by atoms with E-state index in [1.807, 2.05) is 0 Å². The van der Waals surface area contributed by atoms with Crippen LogP contribution in [0.4, 0.5) is 0 Å². The molecule has 0 radical (unpaired) electrons. The topological polar surface area (TPSA) is 124 Å². The van der Waals surface area contributed by atoms with Crippen LogP contribution in [0.25, 0.3) is 16.6 Å². The third-order valence-corrected chi connectivity index (χ3v) is 7.80. The normalized spacial score (nSPS) is 20.7. The number of imidazole rings is 1. The molecule has 1 fully saturated rings. The minimum atomic E-state index is -3.69. The van der Waals surface area contributed by atoms with Gasteiger partial charge in [-0.15, -0.1) is 0 Å². The fourth-order valence-corrected chi connectivity index (χ4v) is 5.82. The molecule has 2 atom stereocenters. The quantitative estimate of drug-likeness (QED) is 0.663. The molecule has 5 rings (SSSR count). The Bertz CT molecular complexity index is 1420. The van der Waals surface area contributed by atoms with Crippen molar-refractivity contribution in [1.29, 1.82) is 5.26 Å². The van der Waals surface area contributed by atoms with E-state index in [0.717, 1.165) is 4.31 Å². The molecule has 0 saturated carbocycles. The third-order valence-electron chi connectivity index (χ3n) is 5.88. The fourth-order valence-electron chi connectivity index (χ4n) is 4.53. The predicted molar refractivity (Wildman–Crippen MR) is 107 cm³/mol. The number of nitrogens with zero attached hydrogens (tertiary/aromatic N) is 6. The highest BCUT2D eigenvalue weighted by Gasteiger charge is 2.52. The lowest BCUT2D eigenvalue weighted by molar-refractivity contribution is 0.321. The summed E-state index contributed by atoms with van der Waals surface area (Å²) in [6.45, 7) is 0.178. The summed E-state index contributed by atoms with van der Waals surface area (Å²) < 4.78 is 30.5. The summed E-state index contributed by atoms with van der Waals surface area (Å²) in [4.78, 5) is 17.5. The first kappa shape index (κ1) is 18.8. The van der Waals surface area contributed by atoms with Gasteiger partial charge in [0, 0.05) is 32.2 Å². The zero-order valence-electron chi connectivity index (χ0n) is 16.2. The Balaban J connectivity index is 1.73. The Morgan fingerprint density at radius 2 is 2.07 bits per heavy atom. The SMILES string of the molecule is CN(C)S(=O)(=O)N1C[C@@H]2C[C@H]1c1c(O)n(-c3ccc(C#N)c4ncccc34)c(=O)n12. The Kier molecular flexibility index (Phi) is 3.85. The summed E-state index contributed by atoms with van der Waals surface area (Å²) >= 11 is 0. The van der Waals surface area contributed by atoms with Crippen LogP contribution >= 0.6 is 0 Å². The van der Waals surface area contributed by atoms with E-state index < -0.39 is 21.9 Å². The lowest BCUT2D eigenvalue weighted by atomic mass is 10.1. The fraction of sp³-hybridized carbons (Fsp3) is 0.316.